The van der Waals surface area contributed by atoms with E-state index in [0.717, 1.165) is 33.1 Å². The average Bonchev–Trinajstić information content (AvgIpc) is 3.11. The van der Waals surface area contributed by atoms with Gasteiger partial charge in [0.15, 0.2) is 0 Å². The molecule has 0 saturated carbocycles. The first-order chi connectivity index (χ1) is 10.7. The van der Waals surface area contributed by atoms with Crippen molar-refractivity contribution in [3.05, 3.63) is 48.7 Å². The van der Waals surface area contributed by atoms with Gasteiger partial charge in [0.05, 0.1) is 5.52 Å². The standard InChI is InChI=1S/C16H13N5O/c17-16(22)9-21-15-7-10(5-6-14(15)19-20-21)12-8-18-13-4-2-1-3-11(12)13/h1-8,18H,9H2,(H2,17,22). The van der Waals surface area contributed by atoms with E-state index in [1.54, 1.807) is 0 Å². The van der Waals surface area contributed by atoms with Crippen LogP contribution < -0.4 is 5.73 Å². The maximum Gasteiger partial charge on any atom is 0.239 e. The number of nitrogens with zero attached hydrogens (tertiary/aromatic N) is 3. The molecular weight excluding hydrogens is 278 g/mol. The highest BCUT2D eigenvalue weighted by atomic mass is 16.1. The number of para-hydroxylation sites is 1. The van der Waals surface area contributed by atoms with Crippen LogP contribution in [0, 0.1) is 0 Å². The number of hydrogen-bond donors (Lipinski definition) is 2. The topological polar surface area (TPSA) is 89.6 Å². The summed E-state index contributed by atoms with van der Waals surface area (Å²) in [6.45, 7) is 0.0217. The maximum atomic E-state index is 11.1. The van der Waals surface area contributed by atoms with Crippen molar-refractivity contribution in [2.24, 2.45) is 5.73 Å². The summed E-state index contributed by atoms with van der Waals surface area (Å²) in [6, 6.07) is 14.0. The summed E-state index contributed by atoms with van der Waals surface area (Å²) in [5.74, 6) is -0.440. The fourth-order valence-corrected chi connectivity index (χ4v) is 2.71. The SMILES string of the molecule is NC(=O)Cn1nnc2ccc(-c3c[nH]c4ccccc34)cc21. The highest BCUT2D eigenvalue weighted by Gasteiger charge is 2.10. The molecule has 4 rings (SSSR count). The van der Waals surface area contributed by atoms with Crippen LogP contribution in [0.15, 0.2) is 48.7 Å². The third kappa shape index (κ3) is 1.93. The van der Waals surface area contributed by atoms with Crippen molar-refractivity contribution in [3.63, 3.8) is 0 Å². The second kappa shape index (κ2) is 4.70. The molecule has 2 aromatic heterocycles. The van der Waals surface area contributed by atoms with E-state index in [1.165, 1.54) is 4.68 Å². The summed E-state index contributed by atoms with van der Waals surface area (Å²) in [5.41, 5.74) is 10.0. The molecular formula is C16H13N5O. The molecule has 0 aliphatic heterocycles. The molecule has 0 fully saturated rings. The Morgan fingerprint density at radius 3 is 2.95 bits per heavy atom. The van der Waals surface area contributed by atoms with Crippen molar-refractivity contribution in [3.8, 4) is 11.1 Å². The van der Waals surface area contributed by atoms with Crippen LogP contribution in [0.3, 0.4) is 0 Å². The number of fused-ring (bicyclic) bond motifs is 2. The number of aromatic amines is 1. The van der Waals surface area contributed by atoms with E-state index >= 15 is 0 Å². The molecule has 4 aromatic rings. The number of primary amides is 1. The van der Waals surface area contributed by atoms with Crippen molar-refractivity contribution in [1.29, 1.82) is 0 Å². The molecule has 0 aliphatic rings. The van der Waals surface area contributed by atoms with E-state index in [9.17, 15) is 4.79 Å². The summed E-state index contributed by atoms with van der Waals surface area (Å²) in [5, 5.41) is 9.18. The zero-order valence-electron chi connectivity index (χ0n) is 11.7. The van der Waals surface area contributed by atoms with E-state index in [-0.39, 0.29) is 6.54 Å². The molecule has 108 valence electrons. The maximum absolute atomic E-state index is 11.1. The van der Waals surface area contributed by atoms with Crippen LogP contribution in [0.5, 0.6) is 0 Å². The molecule has 3 N–H and O–H groups in total. The Hall–Kier alpha value is -3.15. The third-order valence-electron chi connectivity index (χ3n) is 3.72. The van der Waals surface area contributed by atoms with Gasteiger partial charge in [0, 0.05) is 22.7 Å². The zero-order chi connectivity index (χ0) is 15.1. The molecule has 2 heterocycles. The van der Waals surface area contributed by atoms with Gasteiger partial charge >= 0.3 is 0 Å². The van der Waals surface area contributed by atoms with Gasteiger partial charge in [-0.1, -0.05) is 29.5 Å². The van der Waals surface area contributed by atoms with Crippen LogP contribution in [-0.2, 0) is 11.3 Å². The minimum atomic E-state index is -0.440. The Morgan fingerprint density at radius 2 is 2.09 bits per heavy atom. The molecule has 0 unspecified atom stereocenters. The van der Waals surface area contributed by atoms with E-state index in [0.29, 0.717) is 0 Å². The molecule has 6 nitrogen and oxygen atoms in total. The first-order valence-corrected chi connectivity index (χ1v) is 6.90. The number of rotatable bonds is 3. The number of hydrogen-bond acceptors (Lipinski definition) is 3. The largest absolute Gasteiger partial charge is 0.368 e. The van der Waals surface area contributed by atoms with Gasteiger partial charge in [0.2, 0.25) is 5.91 Å². The number of aromatic nitrogens is 4. The number of H-pyrrole nitrogens is 1. The van der Waals surface area contributed by atoms with Gasteiger partial charge in [-0.25, -0.2) is 4.68 Å². The number of nitrogens with two attached hydrogens (primary N) is 1. The number of carbonyl (C=O) groups excluding carboxylic acids is 1. The zero-order valence-corrected chi connectivity index (χ0v) is 11.7. The fourth-order valence-electron chi connectivity index (χ4n) is 2.71. The molecule has 0 aliphatic carbocycles. The molecule has 6 heteroatoms. The smallest absolute Gasteiger partial charge is 0.239 e. The lowest BCUT2D eigenvalue weighted by atomic mass is 10.0. The lowest BCUT2D eigenvalue weighted by molar-refractivity contribution is -0.118. The van der Waals surface area contributed by atoms with Gasteiger partial charge < -0.3 is 10.7 Å². The highest BCUT2D eigenvalue weighted by molar-refractivity contribution is 5.97. The fraction of sp³-hybridized carbons (Fsp3) is 0.0625. The second-order valence-electron chi connectivity index (χ2n) is 5.16. The van der Waals surface area contributed by atoms with Crippen LogP contribution in [-0.4, -0.2) is 25.9 Å². The minimum Gasteiger partial charge on any atom is -0.368 e. The predicted octanol–water partition coefficient (Wildman–Crippen LogP) is 2.06. The van der Waals surface area contributed by atoms with E-state index in [4.69, 9.17) is 5.73 Å². The van der Waals surface area contributed by atoms with Crippen LogP contribution in [0.4, 0.5) is 0 Å². The molecule has 0 spiro atoms. The molecule has 0 radical (unpaired) electrons. The lowest BCUT2D eigenvalue weighted by Gasteiger charge is -2.02. The van der Waals surface area contributed by atoms with E-state index < -0.39 is 5.91 Å². The Bertz CT molecular complexity index is 998. The van der Waals surface area contributed by atoms with E-state index in [1.807, 2.05) is 42.6 Å². The van der Waals surface area contributed by atoms with Gasteiger partial charge in [-0.3, -0.25) is 4.79 Å². The van der Waals surface area contributed by atoms with Gasteiger partial charge in [0.25, 0.3) is 0 Å². The first kappa shape index (κ1) is 12.6. The average molecular weight is 291 g/mol. The molecule has 0 saturated heterocycles. The number of amides is 1. The van der Waals surface area contributed by atoms with Gasteiger partial charge in [0.1, 0.15) is 12.1 Å². The third-order valence-corrected chi connectivity index (χ3v) is 3.72. The van der Waals surface area contributed by atoms with Crippen LogP contribution >= 0.6 is 0 Å². The lowest BCUT2D eigenvalue weighted by Crippen LogP contribution is -2.19. The van der Waals surface area contributed by atoms with Crippen molar-refractivity contribution in [1.82, 2.24) is 20.0 Å². The predicted molar refractivity (Wildman–Crippen MR) is 84.0 cm³/mol. The number of nitrogens with one attached hydrogen (secondary N) is 1. The summed E-state index contributed by atoms with van der Waals surface area (Å²) < 4.78 is 1.52. The molecule has 0 atom stereocenters. The minimum absolute atomic E-state index is 0.0217. The molecule has 1 amide bonds. The van der Waals surface area contributed by atoms with Gasteiger partial charge in [-0.15, -0.1) is 5.10 Å². The summed E-state index contributed by atoms with van der Waals surface area (Å²) >= 11 is 0. The Morgan fingerprint density at radius 1 is 1.23 bits per heavy atom. The summed E-state index contributed by atoms with van der Waals surface area (Å²) in [4.78, 5) is 14.4. The number of carbonyl (C=O) groups is 1. The normalized spacial score (nSPS) is 11.3. The quantitative estimate of drug-likeness (QED) is 0.605. The molecule has 2 aromatic carbocycles. The van der Waals surface area contributed by atoms with Crippen molar-refractivity contribution in [2.45, 2.75) is 6.54 Å². The molecule has 0 bridgehead atoms. The van der Waals surface area contributed by atoms with Gasteiger partial charge in [-0.2, -0.15) is 0 Å². The van der Waals surface area contributed by atoms with Crippen molar-refractivity contribution >= 4 is 27.8 Å². The monoisotopic (exact) mass is 291 g/mol. The Labute approximate surface area is 125 Å². The Balaban J connectivity index is 1.90. The van der Waals surface area contributed by atoms with Crippen molar-refractivity contribution in [2.75, 3.05) is 0 Å². The van der Waals surface area contributed by atoms with Crippen molar-refractivity contribution < 1.29 is 4.79 Å². The molecule has 22 heavy (non-hydrogen) atoms. The van der Waals surface area contributed by atoms with Crippen LogP contribution in [0.2, 0.25) is 0 Å². The highest BCUT2D eigenvalue weighted by Crippen LogP contribution is 2.30. The number of benzene rings is 2. The van der Waals surface area contributed by atoms with E-state index in [2.05, 4.69) is 21.4 Å². The first-order valence-electron chi connectivity index (χ1n) is 6.90. The van der Waals surface area contributed by atoms with Crippen LogP contribution in [0.1, 0.15) is 0 Å². The summed E-state index contributed by atoms with van der Waals surface area (Å²) in [7, 11) is 0. The van der Waals surface area contributed by atoms with Gasteiger partial charge in [-0.05, 0) is 23.8 Å². The second-order valence-corrected chi connectivity index (χ2v) is 5.16. The Kier molecular flexibility index (Phi) is 2.69. The van der Waals surface area contributed by atoms with Crippen LogP contribution in [0.25, 0.3) is 33.1 Å². The summed E-state index contributed by atoms with van der Waals surface area (Å²) in [6.07, 6.45) is 1.98.